The van der Waals surface area contributed by atoms with Crippen molar-refractivity contribution < 1.29 is 9.84 Å². The van der Waals surface area contributed by atoms with Crippen LogP contribution in [0.15, 0.2) is 42.5 Å². The highest BCUT2D eigenvalue weighted by Gasteiger charge is 2.15. The average Bonchev–Trinajstić information content (AvgIpc) is 2.44. The third-order valence-corrected chi connectivity index (χ3v) is 3.62. The summed E-state index contributed by atoms with van der Waals surface area (Å²) in [6.07, 6.45) is 0.0697. The van der Waals surface area contributed by atoms with Crippen LogP contribution in [0.2, 0.25) is 0 Å². The molecule has 0 radical (unpaired) electrons. The molecular weight excluding hydrogens is 248 g/mol. The fourth-order valence-electron chi connectivity index (χ4n) is 2.52. The standard InChI is InChI=1S/C18H22O2/c1-4-20-18-11-6-5-10-15(18)17(19)12-16-13(2)8-7-9-14(16)3/h5-11,17,19H,4,12H2,1-3H3. The average molecular weight is 270 g/mol. The Hall–Kier alpha value is -1.80. The number of para-hydroxylation sites is 1. The lowest BCUT2D eigenvalue weighted by Crippen LogP contribution is -2.07. The normalized spacial score (nSPS) is 12.2. The number of aryl methyl sites for hydroxylation is 2. The minimum Gasteiger partial charge on any atom is -0.493 e. The van der Waals surface area contributed by atoms with Crippen molar-refractivity contribution in [1.29, 1.82) is 0 Å². The Bertz CT molecular complexity index is 555. The summed E-state index contributed by atoms with van der Waals surface area (Å²) < 4.78 is 5.60. The van der Waals surface area contributed by atoms with Gasteiger partial charge in [0.05, 0.1) is 12.7 Å². The van der Waals surface area contributed by atoms with Gasteiger partial charge in [-0.15, -0.1) is 0 Å². The molecule has 0 aliphatic heterocycles. The first-order chi connectivity index (χ1) is 9.63. The minimum atomic E-state index is -0.544. The number of hydrogen-bond donors (Lipinski definition) is 1. The van der Waals surface area contributed by atoms with E-state index in [4.69, 9.17) is 4.74 Å². The molecule has 106 valence electrons. The zero-order chi connectivity index (χ0) is 14.5. The molecule has 0 amide bonds. The van der Waals surface area contributed by atoms with E-state index in [0.717, 1.165) is 11.3 Å². The number of aliphatic hydroxyl groups excluding tert-OH is 1. The van der Waals surface area contributed by atoms with Crippen LogP contribution in [-0.4, -0.2) is 11.7 Å². The molecule has 20 heavy (non-hydrogen) atoms. The Labute approximate surface area is 121 Å². The molecule has 0 spiro atoms. The Morgan fingerprint density at radius 3 is 2.30 bits per heavy atom. The summed E-state index contributed by atoms with van der Waals surface area (Å²) in [5.41, 5.74) is 4.51. The Morgan fingerprint density at radius 1 is 1.00 bits per heavy atom. The first-order valence-electron chi connectivity index (χ1n) is 7.08. The second-order valence-corrected chi connectivity index (χ2v) is 5.06. The van der Waals surface area contributed by atoms with Crippen LogP contribution in [0.25, 0.3) is 0 Å². The van der Waals surface area contributed by atoms with Gasteiger partial charge in [-0.3, -0.25) is 0 Å². The maximum atomic E-state index is 10.6. The fourth-order valence-corrected chi connectivity index (χ4v) is 2.52. The number of rotatable bonds is 5. The summed E-state index contributed by atoms with van der Waals surface area (Å²) in [4.78, 5) is 0. The highest BCUT2D eigenvalue weighted by atomic mass is 16.5. The Kier molecular flexibility index (Phi) is 4.80. The van der Waals surface area contributed by atoms with Crippen molar-refractivity contribution in [3.05, 3.63) is 64.7 Å². The van der Waals surface area contributed by atoms with Crippen LogP contribution in [0.1, 0.15) is 35.3 Å². The number of benzene rings is 2. The Morgan fingerprint density at radius 2 is 1.65 bits per heavy atom. The lowest BCUT2D eigenvalue weighted by Gasteiger charge is -2.18. The quantitative estimate of drug-likeness (QED) is 0.890. The first kappa shape index (κ1) is 14.6. The molecule has 0 heterocycles. The van der Waals surface area contributed by atoms with Crippen LogP contribution in [0.5, 0.6) is 5.75 Å². The third-order valence-electron chi connectivity index (χ3n) is 3.62. The molecule has 1 atom stereocenters. The topological polar surface area (TPSA) is 29.5 Å². The van der Waals surface area contributed by atoms with Gasteiger partial charge in [0.15, 0.2) is 0 Å². The predicted octanol–water partition coefficient (Wildman–Crippen LogP) is 3.98. The van der Waals surface area contributed by atoms with Crippen LogP contribution in [-0.2, 0) is 6.42 Å². The molecule has 0 bridgehead atoms. The molecule has 0 aliphatic rings. The van der Waals surface area contributed by atoms with Crippen molar-refractivity contribution in [3.63, 3.8) is 0 Å². The maximum Gasteiger partial charge on any atom is 0.125 e. The van der Waals surface area contributed by atoms with E-state index in [1.807, 2.05) is 31.2 Å². The van der Waals surface area contributed by atoms with Gasteiger partial charge in [0.2, 0.25) is 0 Å². The number of hydrogen-bond acceptors (Lipinski definition) is 2. The van der Waals surface area contributed by atoms with Gasteiger partial charge >= 0.3 is 0 Å². The third kappa shape index (κ3) is 3.20. The molecular formula is C18H22O2. The molecule has 0 aromatic heterocycles. The van der Waals surface area contributed by atoms with E-state index in [9.17, 15) is 5.11 Å². The lowest BCUT2D eigenvalue weighted by molar-refractivity contribution is 0.172. The van der Waals surface area contributed by atoms with E-state index in [2.05, 4.69) is 32.0 Å². The summed E-state index contributed by atoms with van der Waals surface area (Å²) in [5.74, 6) is 0.772. The summed E-state index contributed by atoms with van der Waals surface area (Å²) in [7, 11) is 0. The van der Waals surface area contributed by atoms with E-state index < -0.39 is 6.10 Å². The van der Waals surface area contributed by atoms with E-state index in [-0.39, 0.29) is 0 Å². The molecule has 0 fully saturated rings. The van der Waals surface area contributed by atoms with Crippen LogP contribution in [0.4, 0.5) is 0 Å². The highest BCUT2D eigenvalue weighted by molar-refractivity contribution is 5.39. The summed E-state index contributed by atoms with van der Waals surface area (Å²) in [6, 6.07) is 13.9. The van der Waals surface area contributed by atoms with Crippen molar-refractivity contribution in [3.8, 4) is 5.75 Å². The summed E-state index contributed by atoms with van der Waals surface area (Å²) >= 11 is 0. The molecule has 2 heteroatoms. The van der Waals surface area contributed by atoms with Gasteiger partial charge in [0.1, 0.15) is 5.75 Å². The molecule has 2 aromatic rings. The predicted molar refractivity (Wildman–Crippen MR) is 82.2 cm³/mol. The van der Waals surface area contributed by atoms with Crippen molar-refractivity contribution in [1.82, 2.24) is 0 Å². The molecule has 1 unspecified atom stereocenters. The van der Waals surface area contributed by atoms with Crippen LogP contribution in [0.3, 0.4) is 0 Å². The van der Waals surface area contributed by atoms with Crippen LogP contribution in [0, 0.1) is 13.8 Å². The van der Waals surface area contributed by atoms with Crippen molar-refractivity contribution in [2.24, 2.45) is 0 Å². The van der Waals surface area contributed by atoms with Crippen molar-refractivity contribution in [2.75, 3.05) is 6.61 Å². The first-order valence-corrected chi connectivity index (χ1v) is 7.08. The van der Waals surface area contributed by atoms with Crippen LogP contribution >= 0.6 is 0 Å². The molecule has 0 saturated heterocycles. The van der Waals surface area contributed by atoms with Gasteiger partial charge in [-0.1, -0.05) is 36.4 Å². The van der Waals surface area contributed by atoms with E-state index in [1.165, 1.54) is 16.7 Å². The Balaban J connectivity index is 2.26. The molecule has 2 rings (SSSR count). The van der Waals surface area contributed by atoms with Gasteiger partial charge in [0, 0.05) is 12.0 Å². The lowest BCUT2D eigenvalue weighted by atomic mass is 9.94. The smallest absolute Gasteiger partial charge is 0.125 e. The van der Waals surface area contributed by atoms with Gasteiger partial charge < -0.3 is 9.84 Å². The number of ether oxygens (including phenoxy) is 1. The molecule has 0 aliphatic carbocycles. The van der Waals surface area contributed by atoms with Gasteiger partial charge in [-0.2, -0.15) is 0 Å². The second kappa shape index (κ2) is 6.58. The van der Waals surface area contributed by atoms with E-state index in [1.54, 1.807) is 0 Å². The number of aliphatic hydroxyl groups is 1. The van der Waals surface area contributed by atoms with Gasteiger partial charge in [-0.25, -0.2) is 0 Å². The van der Waals surface area contributed by atoms with Gasteiger partial charge in [-0.05, 0) is 43.5 Å². The fraction of sp³-hybridized carbons (Fsp3) is 0.333. The second-order valence-electron chi connectivity index (χ2n) is 5.06. The van der Waals surface area contributed by atoms with E-state index >= 15 is 0 Å². The highest BCUT2D eigenvalue weighted by Crippen LogP contribution is 2.29. The molecule has 2 nitrogen and oxygen atoms in total. The minimum absolute atomic E-state index is 0.544. The summed E-state index contributed by atoms with van der Waals surface area (Å²) in [6.45, 7) is 6.73. The van der Waals surface area contributed by atoms with Crippen LogP contribution < -0.4 is 4.74 Å². The molecule has 2 aromatic carbocycles. The molecule has 0 saturated carbocycles. The van der Waals surface area contributed by atoms with E-state index in [0.29, 0.717) is 13.0 Å². The largest absolute Gasteiger partial charge is 0.493 e. The zero-order valence-corrected chi connectivity index (χ0v) is 12.4. The van der Waals surface area contributed by atoms with Crippen molar-refractivity contribution >= 4 is 0 Å². The molecule has 1 N–H and O–H groups in total. The SMILES string of the molecule is CCOc1ccccc1C(O)Cc1c(C)cccc1C. The monoisotopic (exact) mass is 270 g/mol. The zero-order valence-electron chi connectivity index (χ0n) is 12.4. The maximum absolute atomic E-state index is 10.6. The van der Waals surface area contributed by atoms with Gasteiger partial charge in [0.25, 0.3) is 0 Å². The van der Waals surface area contributed by atoms with Crippen molar-refractivity contribution in [2.45, 2.75) is 33.3 Å². The summed E-state index contributed by atoms with van der Waals surface area (Å²) in [5, 5.41) is 10.6.